The molecule has 1 aromatic heterocycles. The fourth-order valence-corrected chi connectivity index (χ4v) is 2.00. The lowest BCUT2D eigenvalue weighted by molar-refractivity contribution is -0.0324. The number of hydrogen-bond acceptors (Lipinski definition) is 4. The first-order chi connectivity index (χ1) is 7.79. The quantitative estimate of drug-likeness (QED) is 0.835. The SMILES string of the molecule is CCC1CN(Cc2cccnc2N)CCO1. The number of nitrogens with zero attached hydrogens (tertiary/aromatic N) is 2. The second kappa shape index (κ2) is 5.27. The van der Waals surface area contributed by atoms with Gasteiger partial charge >= 0.3 is 0 Å². The molecule has 88 valence electrons. The van der Waals surface area contributed by atoms with Crippen molar-refractivity contribution in [1.82, 2.24) is 9.88 Å². The van der Waals surface area contributed by atoms with Gasteiger partial charge in [-0.05, 0) is 12.5 Å². The van der Waals surface area contributed by atoms with Gasteiger partial charge in [-0.15, -0.1) is 0 Å². The lowest BCUT2D eigenvalue weighted by Crippen LogP contribution is -2.41. The molecule has 4 nitrogen and oxygen atoms in total. The molecule has 0 bridgehead atoms. The normalized spacial score (nSPS) is 22.2. The summed E-state index contributed by atoms with van der Waals surface area (Å²) in [7, 11) is 0. The molecule has 2 heterocycles. The number of morpholine rings is 1. The molecule has 0 aromatic carbocycles. The molecule has 0 aliphatic carbocycles. The third-order valence-corrected chi connectivity index (χ3v) is 3.00. The minimum absolute atomic E-state index is 0.367. The average Bonchev–Trinajstić information content (AvgIpc) is 2.32. The zero-order valence-electron chi connectivity index (χ0n) is 9.72. The Bertz CT molecular complexity index is 343. The van der Waals surface area contributed by atoms with Gasteiger partial charge in [-0.1, -0.05) is 13.0 Å². The van der Waals surface area contributed by atoms with Gasteiger partial charge < -0.3 is 10.5 Å². The summed E-state index contributed by atoms with van der Waals surface area (Å²) < 4.78 is 5.64. The van der Waals surface area contributed by atoms with Crippen LogP contribution in [0.1, 0.15) is 18.9 Å². The molecule has 0 radical (unpaired) electrons. The standard InChI is InChI=1S/C12H19N3O/c1-2-11-9-15(6-7-16-11)8-10-4-3-5-14-12(10)13/h3-5,11H,2,6-9H2,1H3,(H2,13,14). The van der Waals surface area contributed by atoms with Crippen molar-refractivity contribution in [3.63, 3.8) is 0 Å². The van der Waals surface area contributed by atoms with Gasteiger partial charge in [-0.3, -0.25) is 4.90 Å². The number of nitrogen functional groups attached to an aromatic ring is 1. The van der Waals surface area contributed by atoms with E-state index in [1.807, 2.05) is 12.1 Å². The first-order valence-electron chi connectivity index (χ1n) is 5.83. The van der Waals surface area contributed by atoms with Crippen LogP contribution in [0.15, 0.2) is 18.3 Å². The van der Waals surface area contributed by atoms with Crippen LogP contribution in [0.4, 0.5) is 5.82 Å². The summed E-state index contributed by atoms with van der Waals surface area (Å²) in [6, 6.07) is 3.97. The van der Waals surface area contributed by atoms with E-state index in [1.54, 1.807) is 6.20 Å². The van der Waals surface area contributed by atoms with E-state index in [1.165, 1.54) is 0 Å². The van der Waals surface area contributed by atoms with Crippen molar-refractivity contribution >= 4 is 5.82 Å². The Morgan fingerprint density at radius 1 is 1.62 bits per heavy atom. The molecule has 16 heavy (non-hydrogen) atoms. The Kier molecular flexibility index (Phi) is 3.74. The van der Waals surface area contributed by atoms with Gasteiger partial charge in [0, 0.05) is 31.4 Å². The first kappa shape index (κ1) is 11.4. The maximum Gasteiger partial charge on any atom is 0.127 e. The zero-order chi connectivity index (χ0) is 11.4. The molecule has 1 unspecified atom stereocenters. The Labute approximate surface area is 96.4 Å². The molecule has 0 saturated carbocycles. The Balaban J connectivity index is 1.97. The minimum atomic E-state index is 0.367. The first-order valence-corrected chi connectivity index (χ1v) is 5.83. The summed E-state index contributed by atoms with van der Waals surface area (Å²) in [5.74, 6) is 0.641. The third kappa shape index (κ3) is 2.71. The maximum atomic E-state index is 5.84. The highest BCUT2D eigenvalue weighted by molar-refractivity contribution is 5.38. The van der Waals surface area contributed by atoms with Crippen molar-refractivity contribution in [3.05, 3.63) is 23.9 Å². The van der Waals surface area contributed by atoms with E-state index in [4.69, 9.17) is 10.5 Å². The number of nitrogens with two attached hydrogens (primary N) is 1. The van der Waals surface area contributed by atoms with Gasteiger partial charge in [-0.2, -0.15) is 0 Å². The van der Waals surface area contributed by atoms with Gasteiger partial charge in [0.25, 0.3) is 0 Å². The zero-order valence-corrected chi connectivity index (χ0v) is 9.72. The number of hydrogen-bond donors (Lipinski definition) is 1. The van der Waals surface area contributed by atoms with E-state index >= 15 is 0 Å². The van der Waals surface area contributed by atoms with Crippen molar-refractivity contribution in [3.8, 4) is 0 Å². The number of anilines is 1. The van der Waals surface area contributed by atoms with Crippen molar-refractivity contribution in [2.45, 2.75) is 26.0 Å². The smallest absolute Gasteiger partial charge is 0.127 e. The van der Waals surface area contributed by atoms with E-state index in [9.17, 15) is 0 Å². The molecular formula is C12H19N3O. The Hall–Kier alpha value is -1.13. The number of aromatic nitrogens is 1. The second-order valence-electron chi connectivity index (χ2n) is 4.18. The van der Waals surface area contributed by atoms with Crippen LogP contribution < -0.4 is 5.73 Å². The van der Waals surface area contributed by atoms with Crippen molar-refractivity contribution in [1.29, 1.82) is 0 Å². The van der Waals surface area contributed by atoms with Crippen LogP contribution in [-0.4, -0.2) is 35.7 Å². The van der Waals surface area contributed by atoms with Crippen LogP contribution in [-0.2, 0) is 11.3 Å². The number of ether oxygens (including phenoxy) is 1. The monoisotopic (exact) mass is 221 g/mol. The molecule has 4 heteroatoms. The lowest BCUT2D eigenvalue weighted by atomic mass is 10.2. The molecule has 1 aliphatic rings. The second-order valence-corrected chi connectivity index (χ2v) is 4.18. The Morgan fingerprint density at radius 2 is 2.50 bits per heavy atom. The van der Waals surface area contributed by atoms with E-state index in [2.05, 4.69) is 16.8 Å². The van der Waals surface area contributed by atoms with Gasteiger partial charge in [0.05, 0.1) is 12.7 Å². The molecule has 1 aliphatic heterocycles. The van der Waals surface area contributed by atoms with E-state index in [0.29, 0.717) is 11.9 Å². The summed E-state index contributed by atoms with van der Waals surface area (Å²) in [5.41, 5.74) is 6.95. The molecule has 2 rings (SSSR count). The molecule has 1 saturated heterocycles. The summed E-state index contributed by atoms with van der Waals surface area (Å²) >= 11 is 0. The van der Waals surface area contributed by atoms with E-state index in [0.717, 1.165) is 38.2 Å². The summed E-state index contributed by atoms with van der Waals surface area (Å²) in [6.45, 7) is 5.82. The number of rotatable bonds is 3. The highest BCUT2D eigenvalue weighted by atomic mass is 16.5. The largest absolute Gasteiger partial charge is 0.383 e. The number of pyridine rings is 1. The van der Waals surface area contributed by atoms with Crippen molar-refractivity contribution in [2.24, 2.45) is 0 Å². The van der Waals surface area contributed by atoms with Gasteiger partial charge in [0.2, 0.25) is 0 Å². The van der Waals surface area contributed by atoms with E-state index in [-0.39, 0.29) is 0 Å². The predicted octanol–water partition coefficient (Wildman–Crippen LogP) is 1.27. The average molecular weight is 221 g/mol. The van der Waals surface area contributed by atoms with Gasteiger partial charge in [0.1, 0.15) is 5.82 Å². The van der Waals surface area contributed by atoms with Gasteiger partial charge in [-0.25, -0.2) is 4.98 Å². The molecule has 2 N–H and O–H groups in total. The van der Waals surface area contributed by atoms with Crippen LogP contribution in [0.3, 0.4) is 0 Å². The topological polar surface area (TPSA) is 51.4 Å². The molecule has 0 amide bonds. The summed E-state index contributed by atoms with van der Waals surface area (Å²) in [5, 5.41) is 0. The van der Waals surface area contributed by atoms with Crippen LogP contribution in [0.25, 0.3) is 0 Å². The maximum absolute atomic E-state index is 5.84. The molecule has 1 atom stereocenters. The van der Waals surface area contributed by atoms with Gasteiger partial charge in [0.15, 0.2) is 0 Å². The van der Waals surface area contributed by atoms with Crippen LogP contribution >= 0.6 is 0 Å². The summed E-state index contributed by atoms with van der Waals surface area (Å²) in [4.78, 5) is 6.48. The minimum Gasteiger partial charge on any atom is -0.383 e. The fraction of sp³-hybridized carbons (Fsp3) is 0.583. The highest BCUT2D eigenvalue weighted by Gasteiger charge is 2.19. The molecule has 0 spiro atoms. The van der Waals surface area contributed by atoms with Crippen molar-refractivity contribution < 1.29 is 4.74 Å². The highest BCUT2D eigenvalue weighted by Crippen LogP contribution is 2.14. The third-order valence-electron chi connectivity index (χ3n) is 3.00. The van der Waals surface area contributed by atoms with Crippen LogP contribution in [0.5, 0.6) is 0 Å². The molecule has 1 fully saturated rings. The summed E-state index contributed by atoms with van der Waals surface area (Å²) in [6.07, 6.45) is 3.16. The lowest BCUT2D eigenvalue weighted by Gasteiger charge is -2.32. The van der Waals surface area contributed by atoms with E-state index < -0.39 is 0 Å². The molecule has 1 aromatic rings. The van der Waals surface area contributed by atoms with Crippen molar-refractivity contribution in [2.75, 3.05) is 25.4 Å². The molecular weight excluding hydrogens is 202 g/mol. The van der Waals surface area contributed by atoms with Crippen LogP contribution in [0, 0.1) is 0 Å². The Morgan fingerprint density at radius 3 is 3.25 bits per heavy atom. The predicted molar refractivity (Wildman–Crippen MR) is 64.0 cm³/mol. The fourth-order valence-electron chi connectivity index (χ4n) is 2.00. The van der Waals surface area contributed by atoms with Crippen LogP contribution in [0.2, 0.25) is 0 Å².